The molecule has 2 aromatic carbocycles. The SMILES string of the molecule is COC(=O)c1cc(OC)c(OC)cc1NC(=O)c1ccc(OC)c(S(=O)(=O)NC(C)C)c1. The summed E-state index contributed by atoms with van der Waals surface area (Å²) in [7, 11) is 1.40. The monoisotopic (exact) mass is 466 g/mol. The lowest BCUT2D eigenvalue weighted by atomic mass is 10.1. The molecule has 11 heteroatoms. The van der Waals surface area contributed by atoms with Crippen LogP contribution >= 0.6 is 0 Å². The number of hydrogen-bond acceptors (Lipinski definition) is 8. The number of methoxy groups -OCH3 is 4. The normalized spacial score (nSPS) is 11.1. The molecule has 0 bridgehead atoms. The number of anilines is 1. The third kappa shape index (κ3) is 5.48. The number of ether oxygens (including phenoxy) is 4. The van der Waals surface area contributed by atoms with Crippen LogP contribution in [-0.4, -0.2) is 54.8 Å². The van der Waals surface area contributed by atoms with Crippen molar-refractivity contribution in [3.05, 3.63) is 41.5 Å². The van der Waals surface area contributed by atoms with Gasteiger partial charge >= 0.3 is 5.97 Å². The van der Waals surface area contributed by atoms with Crippen LogP contribution < -0.4 is 24.2 Å². The van der Waals surface area contributed by atoms with Crippen LogP contribution in [0.1, 0.15) is 34.6 Å². The van der Waals surface area contributed by atoms with E-state index < -0.39 is 21.9 Å². The zero-order valence-electron chi connectivity index (χ0n) is 18.6. The molecule has 0 saturated carbocycles. The van der Waals surface area contributed by atoms with Crippen LogP contribution in [0, 0.1) is 0 Å². The van der Waals surface area contributed by atoms with Crippen molar-refractivity contribution in [2.45, 2.75) is 24.8 Å². The molecule has 174 valence electrons. The van der Waals surface area contributed by atoms with Crippen molar-refractivity contribution in [3.8, 4) is 17.2 Å². The molecule has 0 spiro atoms. The van der Waals surface area contributed by atoms with Crippen molar-refractivity contribution in [2.24, 2.45) is 0 Å². The van der Waals surface area contributed by atoms with E-state index in [4.69, 9.17) is 18.9 Å². The topological polar surface area (TPSA) is 129 Å². The summed E-state index contributed by atoms with van der Waals surface area (Å²) in [5.74, 6) is -0.749. The summed E-state index contributed by atoms with van der Waals surface area (Å²) in [6.07, 6.45) is 0. The number of nitrogens with one attached hydrogen (secondary N) is 2. The Bertz CT molecular complexity index is 1110. The highest BCUT2D eigenvalue weighted by Gasteiger charge is 2.24. The molecule has 0 unspecified atom stereocenters. The smallest absolute Gasteiger partial charge is 0.340 e. The first kappa shape index (κ1) is 25.0. The van der Waals surface area contributed by atoms with E-state index in [9.17, 15) is 18.0 Å². The molecule has 2 N–H and O–H groups in total. The maximum absolute atomic E-state index is 12.9. The summed E-state index contributed by atoms with van der Waals surface area (Å²) >= 11 is 0. The summed E-state index contributed by atoms with van der Waals surface area (Å²) in [5, 5.41) is 2.59. The van der Waals surface area contributed by atoms with Gasteiger partial charge in [-0.3, -0.25) is 4.79 Å². The van der Waals surface area contributed by atoms with E-state index in [1.54, 1.807) is 13.8 Å². The Morgan fingerprint density at radius 3 is 2.00 bits per heavy atom. The van der Waals surface area contributed by atoms with Gasteiger partial charge in [0.2, 0.25) is 10.0 Å². The van der Waals surface area contributed by atoms with Crippen molar-refractivity contribution in [1.29, 1.82) is 0 Å². The fraction of sp³-hybridized carbons (Fsp3) is 0.333. The molecule has 0 aliphatic carbocycles. The van der Waals surface area contributed by atoms with Gasteiger partial charge in [0.1, 0.15) is 10.6 Å². The molecule has 2 aromatic rings. The van der Waals surface area contributed by atoms with Crippen molar-refractivity contribution in [1.82, 2.24) is 4.72 Å². The van der Waals surface area contributed by atoms with Crippen LogP contribution in [0.3, 0.4) is 0 Å². The first-order valence-electron chi connectivity index (χ1n) is 9.44. The van der Waals surface area contributed by atoms with Gasteiger partial charge in [0.05, 0.1) is 39.7 Å². The third-order valence-corrected chi connectivity index (χ3v) is 5.96. The summed E-state index contributed by atoms with van der Waals surface area (Å²) < 4.78 is 48.2. The molecule has 0 aromatic heterocycles. The number of carbonyl (C=O) groups excluding carboxylic acids is 2. The maximum Gasteiger partial charge on any atom is 0.340 e. The van der Waals surface area contributed by atoms with E-state index in [0.717, 1.165) is 0 Å². The average Bonchev–Trinajstić information content (AvgIpc) is 2.76. The standard InChI is InChI=1S/C21H26N2O8S/c1-12(2)23-32(26,27)19-9-13(7-8-16(19)28-3)20(24)22-15-11-18(30-5)17(29-4)10-14(15)21(25)31-6/h7-12,23H,1-6H3,(H,22,24). The molecule has 2 rings (SSSR count). The number of sulfonamides is 1. The summed E-state index contributed by atoms with van der Waals surface area (Å²) in [6, 6.07) is 6.39. The van der Waals surface area contributed by atoms with Crippen LogP contribution in [-0.2, 0) is 14.8 Å². The molecule has 0 heterocycles. The largest absolute Gasteiger partial charge is 0.495 e. The molecule has 0 atom stereocenters. The molecule has 0 radical (unpaired) electrons. The van der Waals surface area contributed by atoms with Crippen LogP contribution in [0.25, 0.3) is 0 Å². The van der Waals surface area contributed by atoms with Gasteiger partial charge in [-0.2, -0.15) is 0 Å². The van der Waals surface area contributed by atoms with Crippen LogP contribution in [0.2, 0.25) is 0 Å². The molecule has 32 heavy (non-hydrogen) atoms. The lowest BCUT2D eigenvalue weighted by Crippen LogP contribution is -2.30. The highest BCUT2D eigenvalue weighted by Crippen LogP contribution is 2.34. The fourth-order valence-electron chi connectivity index (χ4n) is 2.86. The fourth-order valence-corrected chi connectivity index (χ4v) is 4.30. The van der Waals surface area contributed by atoms with E-state index in [2.05, 4.69) is 10.0 Å². The van der Waals surface area contributed by atoms with Crippen molar-refractivity contribution < 1.29 is 37.0 Å². The zero-order valence-corrected chi connectivity index (χ0v) is 19.5. The lowest BCUT2D eigenvalue weighted by molar-refractivity contribution is 0.0601. The Kier molecular flexibility index (Phi) is 8.06. The highest BCUT2D eigenvalue weighted by molar-refractivity contribution is 7.89. The first-order chi connectivity index (χ1) is 15.1. The summed E-state index contributed by atoms with van der Waals surface area (Å²) in [6.45, 7) is 3.35. The quantitative estimate of drug-likeness (QED) is 0.539. The highest BCUT2D eigenvalue weighted by atomic mass is 32.2. The maximum atomic E-state index is 12.9. The van der Waals surface area contributed by atoms with E-state index in [1.807, 2.05) is 0 Å². The number of carbonyl (C=O) groups is 2. The number of benzene rings is 2. The predicted molar refractivity (Wildman–Crippen MR) is 117 cm³/mol. The lowest BCUT2D eigenvalue weighted by Gasteiger charge is -2.16. The van der Waals surface area contributed by atoms with E-state index in [-0.39, 0.29) is 45.0 Å². The molecule has 0 saturated heterocycles. The number of esters is 1. The predicted octanol–water partition coefficient (Wildman–Crippen LogP) is 2.44. The minimum Gasteiger partial charge on any atom is -0.495 e. The molecule has 0 aliphatic heterocycles. The molecule has 0 fully saturated rings. The number of rotatable bonds is 9. The molecule has 1 amide bonds. The second kappa shape index (κ2) is 10.3. The Morgan fingerprint density at radius 1 is 0.875 bits per heavy atom. The van der Waals surface area contributed by atoms with Gasteiger partial charge in [0, 0.05) is 23.7 Å². The first-order valence-corrected chi connectivity index (χ1v) is 10.9. The summed E-state index contributed by atoms with van der Waals surface area (Å²) in [4.78, 5) is 25.0. The number of amides is 1. The minimum absolute atomic E-state index is 0.0283. The zero-order chi connectivity index (χ0) is 24.1. The second-order valence-corrected chi connectivity index (χ2v) is 8.52. The van der Waals surface area contributed by atoms with Gasteiger partial charge < -0.3 is 24.3 Å². The molecular formula is C21H26N2O8S. The molecule has 0 aliphatic rings. The van der Waals surface area contributed by atoms with Crippen molar-refractivity contribution in [3.63, 3.8) is 0 Å². The Labute approximate surface area is 186 Å². The van der Waals surface area contributed by atoms with E-state index >= 15 is 0 Å². The Morgan fingerprint density at radius 2 is 1.47 bits per heavy atom. The minimum atomic E-state index is -3.94. The molecule has 10 nitrogen and oxygen atoms in total. The Balaban J connectivity index is 2.51. The number of hydrogen-bond donors (Lipinski definition) is 2. The van der Waals surface area contributed by atoms with Crippen LogP contribution in [0.4, 0.5) is 5.69 Å². The van der Waals surface area contributed by atoms with Gasteiger partial charge in [0.25, 0.3) is 5.91 Å². The van der Waals surface area contributed by atoms with Gasteiger partial charge in [-0.25, -0.2) is 17.9 Å². The Hall–Kier alpha value is -3.31. The average molecular weight is 467 g/mol. The van der Waals surface area contributed by atoms with E-state index in [0.29, 0.717) is 0 Å². The van der Waals surface area contributed by atoms with Crippen LogP contribution in [0.5, 0.6) is 17.2 Å². The second-order valence-electron chi connectivity index (χ2n) is 6.84. The third-order valence-electron chi connectivity index (χ3n) is 4.28. The van der Waals surface area contributed by atoms with Crippen molar-refractivity contribution >= 4 is 27.6 Å². The summed E-state index contributed by atoms with van der Waals surface area (Å²) in [5.41, 5.74) is 0.155. The molecular weight excluding hydrogens is 440 g/mol. The van der Waals surface area contributed by atoms with E-state index in [1.165, 1.54) is 58.8 Å². The van der Waals surface area contributed by atoms with Gasteiger partial charge in [-0.15, -0.1) is 0 Å². The van der Waals surface area contributed by atoms with Crippen LogP contribution in [0.15, 0.2) is 35.2 Å². The van der Waals surface area contributed by atoms with Gasteiger partial charge in [0.15, 0.2) is 11.5 Å². The van der Waals surface area contributed by atoms with Crippen molar-refractivity contribution in [2.75, 3.05) is 33.8 Å². The van der Waals surface area contributed by atoms with Gasteiger partial charge in [-0.05, 0) is 32.0 Å². The van der Waals surface area contributed by atoms with Gasteiger partial charge in [-0.1, -0.05) is 0 Å².